The van der Waals surface area contributed by atoms with E-state index < -0.39 is 0 Å². The van der Waals surface area contributed by atoms with Gasteiger partial charge in [0.15, 0.2) is 5.76 Å². The number of hydrogen-bond acceptors (Lipinski definition) is 4. The molecule has 5 heteroatoms. The fourth-order valence-electron chi connectivity index (χ4n) is 1.94. The number of carbonyl (C=O) groups excluding carboxylic acids is 2. The van der Waals surface area contributed by atoms with Crippen molar-refractivity contribution in [2.24, 2.45) is 0 Å². The first-order valence-corrected chi connectivity index (χ1v) is 6.66. The number of benzene rings is 1. The number of para-hydroxylation sites is 1. The van der Waals surface area contributed by atoms with E-state index in [4.69, 9.17) is 4.42 Å². The van der Waals surface area contributed by atoms with Gasteiger partial charge in [-0.1, -0.05) is 30.0 Å². The van der Waals surface area contributed by atoms with Crippen molar-refractivity contribution in [2.45, 2.75) is 0 Å². The molecule has 2 heterocycles. The van der Waals surface area contributed by atoms with Crippen LogP contribution in [0.25, 0.3) is 11.0 Å². The lowest BCUT2D eigenvalue weighted by atomic mass is 10.2. The van der Waals surface area contributed by atoms with E-state index in [0.29, 0.717) is 17.9 Å². The lowest BCUT2D eigenvalue weighted by Gasteiger charge is -2.11. The number of thioether (sulfide) groups is 1. The Bertz CT molecular complexity index is 586. The van der Waals surface area contributed by atoms with Crippen molar-refractivity contribution in [3.8, 4) is 0 Å². The quantitative estimate of drug-likeness (QED) is 0.797. The van der Waals surface area contributed by atoms with Crippen LogP contribution in [0.5, 0.6) is 0 Å². The zero-order valence-corrected chi connectivity index (χ0v) is 10.4. The Morgan fingerprint density at radius 3 is 2.94 bits per heavy atom. The van der Waals surface area contributed by atoms with Crippen LogP contribution < -0.4 is 0 Å². The summed E-state index contributed by atoms with van der Waals surface area (Å²) in [6.45, 7) is 0.737. The maximum atomic E-state index is 12.0. The molecular weight excluding hydrogens is 250 g/mol. The zero-order valence-electron chi connectivity index (χ0n) is 9.59. The van der Waals surface area contributed by atoms with Crippen LogP contribution in [-0.4, -0.2) is 34.8 Å². The van der Waals surface area contributed by atoms with Crippen molar-refractivity contribution < 1.29 is 14.0 Å². The first kappa shape index (κ1) is 11.3. The van der Waals surface area contributed by atoms with Crippen LogP contribution in [0, 0.1) is 0 Å². The molecule has 1 aromatic carbocycles. The Morgan fingerprint density at radius 2 is 2.22 bits per heavy atom. The first-order chi connectivity index (χ1) is 8.74. The van der Waals surface area contributed by atoms with Crippen LogP contribution >= 0.6 is 11.8 Å². The molecule has 1 aromatic heterocycles. The van der Waals surface area contributed by atoms with E-state index in [1.807, 2.05) is 24.3 Å². The molecule has 1 amide bonds. The zero-order chi connectivity index (χ0) is 12.5. The Kier molecular flexibility index (Phi) is 2.83. The van der Waals surface area contributed by atoms with Gasteiger partial charge >= 0.3 is 0 Å². The van der Waals surface area contributed by atoms with E-state index in [0.717, 1.165) is 11.1 Å². The van der Waals surface area contributed by atoms with E-state index in [9.17, 15) is 9.59 Å². The third-order valence-electron chi connectivity index (χ3n) is 2.88. The molecule has 0 unspecified atom stereocenters. The molecule has 92 valence electrons. The molecule has 0 aliphatic carbocycles. The van der Waals surface area contributed by atoms with Crippen molar-refractivity contribution in [2.75, 3.05) is 18.8 Å². The highest BCUT2D eigenvalue weighted by atomic mass is 32.2. The fraction of sp³-hybridized carbons (Fsp3) is 0.231. The lowest BCUT2D eigenvalue weighted by molar-refractivity contribution is 0.0931. The minimum Gasteiger partial charge on any atom is -0.453 e. The van der Waals surface area contributed by atoms with Gasteiger partial charge in [-0.3, -0.25) is 9.59 Å². The average molecular weight is 261 g/mol. The molecule has 18 heavy (non-hydrogen) atoms. The minimum atomic E-state index is -0.151. The predicted octanol–water partition coefficient (Wildman–Crippen LogP) is 2.78. The van der Waals surface area contributed by atoms with E-state index >= 15 is 0 Å². The second-order valence-corrected chi connectivity index (χ2v) is 5.15. The number of furan rings is 1. The maximum Gasteiger partial charge on any atom is 0.282 e. The summed E-state index contributed by atoms with van der Waals surface area (Å²) in [4.78, 5) is 25.0. The van der Waals surface area contributed by atoms with Crippen LogP contribution in [-0.2, 0) is 0 Å². The molecule has 0 saturated carbocycles. The first-order valence-electron chi connectivity index (χ1n) is 5.67. The number of Topliss-reactive ketones (excluding diaryl/α,β-unsaturated/α-hetero) is 1. The summed E-state index contributed by atoms with van der Waals surface area (Å²) in [5.41, 5.74) is 0.697. The van der Waals surface area contributed by atoms with Crippen LogP contribution in [0.15, 0.2) is 34.7 Å². The summed E-state index contributed by atoms with van der Waals surface area (Å²) in [5.74, 6) is 0.926. The number of ketones is 1. The van der Waals surface area contributed by atoms with E-state index in [2.05, 4.69) is 0 Å². The smallest absolute Gasteiger partial charge is 0.282 e. The van der Waals surface area contributed by atoms with Crippen molar-refractivity contribution >= 4 is 33.8 Å². The largest absolute Gasteiger partial charge is 0.453 e. The molecule has 0 radical (unpaired) electrons. The van der Waals surface area contributed by atoms with Gasteiger partial charge in [-0.05, 0) is 12.1 Å². The van der Waals surface area contributed by atoms with Crippen molar-refractivity contribution in [3.05, 3.63) is 36.1 Å². The van der Waals surface area contributed by atoms with Crippen LogP contribution in [0.1, 0.15) is 10.6 Å². The second-order valence-electron chi connectivity index (χ2n) is 4.11. The molecule has 4 nitrogen and oxygen atoms in total. The summed E-state index contributed by atoms with van der Waals surface area (Å²) in [7, 11) is 0. The van der Waals surface area contributed by atoms with Crippen molar-refractivity contribution in [1.82, 2.24) is 4.90 Å². The van der Waals surface area contributed by atoms with Crippen LogP contribution in [0.4, 0.5) is 4.79 Å². The lowest BCUT2D eigenvalue weighted by Crippen LogP contribution is -2.29. The fourth-order valence-corrected chi connectivity index (χ4v) is 2.76. The molecule has 2 aromatic rings. The number of rotatable bonds is 3. The monoisotopic (exact) mass is 261 g/mol. The van der Waals surface area contributed by atoms with Gasteiger partial charge in [-0.2, -0.15) is 0 Å². The summed E-state index contributed by atoms with van der Waals surface area (Å²) >= 11 is 1.25. The number of fused-ring (bicyclic) bond motifs is 1. The minimum absolute atomic E-state index is 0.0283. The summed E-state index contributed by atoms with van der Waals surface area (Å²) in [6.07, 6.45) is 0. The SMILES string of the molecule is O=C(CN1CCSC1=O)c1cc2ccccc2o1. The van der Waals surface area contributed by atoms with E-state index in [-0.39, 0.29) is 17.6 Å². The van der Waals surface area contributed by atoms with Gasteiger partial charge in [-0.15, -0.1) is 0 Å². The number of hydrogen-bond donors (Lipinski definition) is 0. The maximum absolute atomic E-state index is 12.0. The van der Waals surface area contributed by atoms with E-state index in [1.54, 1.807) is 11.0 Å². The Labute approximate surface area is 108 Å². The number of amides is 1. The summed E-state index contributed by atoms with van der Waals surface area (Å²) < 4.78 is 5.48. The van der Waals surface area contributed by atoms with Crippen LogP contribution in [0.3, 0.4) is 0 Å². The molecule has 0 atom stereocenters. The highest BCUT2D eigenvalue weighted by molar-refractivity contribution is 8.13. The highest BCUT2D eigenvalue weighted by Gasteiger charge is 2.25. The summed E-state index contributed by atoms with van der Waals surface area (Å²) in [6, 6.07) is 9.20. The molecule has 1 aliphatic heterocycles. The van der Waals surface area contributed by atoms with Crippen molar-refractivity contribution in [3.63, 3.8) is 0 Å². The predicted molar refractivity (Wildman–Crippen MR) is 70.0 cm³/mol. The number of carbonyl (C=O) groups is 2. The Hall–Kier alpha value is -1.75. The van der Waals surface area contributed by atoms with Crippen molar-refractivity contribution in [1.29, 1.82) is 0 Å². The van der Waals surface area contributed by atoms with E-state index in [1.165, 1.54) is 11.8 Å². The second kappa shape index (κ2) is 4.49. The third-order valence-corrected chi connectivity index (χ3v) is 3.77. The molecule has 1 fully saturated rings. The van der Waals surface area contributed by atoms with Gasteiger partial charge < -0.3 is 9.32 Å². The number of nitrogens with zero attached hydrogens (tertiary/aromatic N) is 1. The van der Waals surface area contributed by atoms with Gasteiger partial charge in [0.1, 0.15) is 5.58 Å². The molecule has 1 saturated heterocycles. The molecule has 1 aliphatic rings. The molecule has 0 N–H and O–H groups in total. The molecule has 3 rings (SSSR count). The Balaban J connectivity index is 1.81. The highest BCUT2D eigenvalue weighted by Crippen LogP contribution is 2.21. The average Bonchev–Trinajstić information content (AvgIpc) is 2.96. The van der Waals surface area contributed by atoms with Gasteiger partial charge in [0.2, 0.25) is 5.78 Å². The van der Waals surface area contributed by atoms with Gasteiger partial charge in [0, 0.05) is 17.7 Å². The van der Waals surface area contributed by atoms with Crippen LogP contribution in [0.2, 0.25) is 0 Å². The third kappa shape index (κ3) is 2.01. The Morgan fingerprint density at radius 1 is 1.39 bits per heavy atom. The molecular formula is C13H11NO3S. The van der Waals surface area contributed by atoms with Gasteiger partial charge in [0.25, 0.3) is 5.24 Å². The topological polar surface area (TPSA) is 50.5 Å². The van der Waals surface area contributed by atoms with Gasteiger partial charge in [0.05, 0.1) is 6.54 Å². The molecule has 0 bridgehead atoms. The van der Waals surface area contributed by atoms with Gasteiger partial charge in [-0.25, -0.2) is 0 Å². The standard InChI is InChI=1S/C13H11NO3S/c15-10(8-14-5-6-18-13(14)16)12-7-9-3-1-2-4-11(9)17-12/h1-4,7H,5-6,8H2. The normalized spacial score (nSPS) is 15.6. The summed E-state index contributed by atoms with van der Waals surface area (Å²) in [5, 5.41) is 0.877. The molecule has 0 spiro atoms.